The Kier molecular flexibility index (Phi) is 6.17. The predicted molar refractivity (Wildman–Crippen MR) is 133 cm³/mol. The molecule has 0 amide bonds. The Hall–Kier alpha value is -0.820. The van der Waals surface area contributed by atoms with Crippen LogP contribution in [-0.2, 0) is 0 Å². The number of fused-ring (bicyclic) bond motifs is 4. The molecule has 0 bridgehead atoms. The highest BCUT2D eigenvalue weighted by atomic mass is 16.3. The topological polar surface area (TPSA) is 20.2 Å². The average Bonchev–Trinajstić information content (AvgIpc) is 2.84. The lowest BCUT2D eigenvalue weighted by atomic mass is 9.51. The van der Waals surface area contributed by atoms with Crippen LogP contribution in [0.15, 0.2) is 34.9 Å². The summed E-state index contributed by atoms with van der Waals surface area (Å²) < 4.78 is 0. The van der Waals surface area contributed by atoms with E-state index in [0.717, 1.165) is 24.2 Å². The minimum atomic E-state index is -0.186. The fourth-order valence-electron chi connectivity index (χ4n) is 8.52. The van der Waals surface area contributed by atoms with Crippen molar-refractivity contribution >= 4 is 0 Å². The van der Waals surface area contributed by atoms with Gasteiger partial charge in [0.15, 0.2) is 0 Å². The molecule has 1 nitrogen and oxygen atoms in total. The van der Waals surface area contributed by atoms with Crippen LogP contribution in [0.4, 0.5) is 0 Å². The third kappa shape index (κ3) is 3.71. The molecule has 7 unspecified atom stereocenters. The van der Waals surface area contributed by atoms with E-state index in [0.29, 0.717) is 16.7 Å². The van der Waals surface area contributed by atoms with Crippen molar-refractivity contribution < 1.29 is 5.11 Å². The number of aliphatic hydroxyl groups is 1. The van der Waals surface area contributed by atoms with E-state index in [-0.39, 0.29) is 11.5 Å². The lowest BCUT2D eigenvalue weighted by molar-refractivity contribution is -0.0129. The first-order valence-corrected chi connectivity index (χ1v) is 13.2. The first-order chi connectivity index (χ1) is 14.5. The van der Waals surface area contributed by atoms with Crippen molar-refractivity contribution in [1.82, 2.24) is 0 Å². The van der Waals surface area contributed by atoms with Gasteiger partial charge in [0, 0.05) is 0 Å². The molecule has 0 heterocycles. The second kappa shape index (κ2) is 8.19. The van der Waals surface area contributed by atoms with Crippen LogP contribution in [0.2, 0.25) is 0 Å². The molecule has 0 aromatic rings. The van der Waals surface area contributed by atoms with Crippen molar-refractivity contribution in [2.45, 2.75) is 112 Å². The van der Waals surface area contributed by atoms with E-state index in [1.165, 1.54) is 56.9 Å². The smallest absolute Gasteiger partial charge is 0.0631 e. The predicted octanol–water partition coefficient (Wildman–Crippen LogP) is 8.26. The van der Waals surface area contributed by atoms with E-state index in [9.17, 15) is 5.11 Å². The largest absolute Gasteiger partial charge is 0.392 e. The van der Waals surface area contributed by atoms with E-state index < -0.39 is 0 Å². The Morgan fingerprint density at radius 1 is 1.03 bits per heavy atom. The van der Waals surface area contributed by atoms with Gasteiger partial charge in [-0.15, -0.1) is 0 Å². The van der Waals surface area contributed by atoms with Crippen LogP contribution in [-0.4, -0.2) is 11.2 Å². The first kappa shape index (κ1) is 23.3. The van der Waals surface area contributed by atoms with Crippen molar-refractivity contribution in [3.63, 3.8) is 0 Å². The summed E-state index contributed by atoms with van der Waals surface area (Å²) in [7, 11) is 0. The van der Waals surface area contributed by atoms with Crippen LogP contribution in [0, 0.1) is 39.9 Å². The van der Waals surface area contributed by atoms with Gasteiger partial charge in [-0.1, -0.05) is 69.6 Å². The summed E-state index contributed by atoms with van der Waals surface area (Å²) >= 11 is 0. The molecule has 4 aliphatic rings. The molecular formula is C30H48O. The zero-order chi connectivity index (χ0) is 22.6. The van der Waals surface area contributed by atoms with Crippen molar-refractivity contribution in [3.8, 4) is 0 Å². The highest BCUT2D eigenvalue weighted by Gasteiger charge is 2.60. The highest BCUT2D eigenvalue weighted by Crippen LogP contribution is 2.69. The Balaban J connectivity index is 1.58. The molecule has 2 saturated carbocycles. The minimum Gasteiger partial charge on any atom is -0.392 e. The van der Waals surface area contributed by atoms with Gasteiger partial charge in [-0.05, 0) is 112 Å². The van der Waals surface area contributed by atoms with Gasteiger partial charge in [0.05, 0.1) is 6.10 Å². The maximum Gasteiger partial charge on any atom is 0.0631 e. The van der Waals surface area contributed by atoms with Gasteiger partial charge < -0.3 is 5.11 Å². The number of hydrogen-bond donors (Lipinski definition) is 1. The molecule has 0 aliphatic heterocycles. The van der Waals surface area contributed by atoms with Crippen LogP contribution >= 0.6 is 0 Å². The minimum absolute atomic E-state index is 0.0139. The standard InChI is InChI=1S/C30H48O/c1-20(2)9-8-10-21(3)24-16-18-30(7)26-13-12-25-22(11-14-27(31)28(25,4)5)19-23(26)15-17-29(24,30)6/h9,11,15,21,24-27,31H,8,10,12-14,16-19H2,1-7H3. The van der Waals surface area contributed by atoms with E-state index in [4.69, 9.17) is 0 Å². The average molecular weight is 425 g/mol. The molecule has 0 spiro atoms. The van der Waals surface area contributed by atoms with Crippen molar-refractivity contribution in [3.05, 3.63) is 34.9 Å². The zero-order valence-electron chi connectivity index (χ0n) is 21.4. The molecule has 2 fully saturated rings. The molecule has 1 N–H and O–H groups in total. The van der Waals surface area contributed by atoms with Crippen LogP contribution < -0.4 is 0 Å². The molecule has 1 heteroatoms. The number of hydrogen-bond acceptors (Lipinski definition) is 1. The molecule has 31 heavy (non-hydrogen) atoms. The van der Waals surface area contributed by atoms with Gasteiger partial charge in [-0.3, -0.25) is 0 Å². The van der Waals surface area contributed by atoms with Crippen LogP contribution in [0.3, 0.4) is 0 Å². The Bertz CT molecular complexity index is 778. The molecule has 0 saturated heterocycles. The van der Waals surface area contributed by atoms with E-state index in [1.807, 2.05) is 0 Å². The fraction of sp³-hybridized carbons (Fsp3) is 0.800. The van der Waals surface area contributed by atoms with Gasteiger partial charge in [0.25, 0.3) is 0 Å². The van der Waals surface area contributed by atoms with Crippen LogP contribution in [0.25, 0.3) is 0 Å². The normalized spacial score (nSPS) is 42.3. The molecular weight excluding hydrogens is 376 g/mol. The Morgan fingerprint density at radius 2 is 1.71 bits per heavy atom. The van der Waals surface area contributed by atoms with Crippen molar-refractivity contribution in [2.75, 3.05) is 0 Å². The van der Waals surface area contributed by atoms with Gasteiger partial charge >= 0.3 is 0 Å². The number of aliphatic hydroxyl groups excluding tert-OH is 1. The van der Waals surface area contributed by atoms with Gasteiger partial charge in [0.1, 0.15) is 0 Å². The van der Waals surface area contributed by atoms with Gasteiger partial charge in [-0.25, -0.2) is 0 Å². The first-order valence-electron chi connectivity index (χ1n) is 13.2. The maximum absolute atomic E-state index is 10.7. The summed E-state index contributed by atoms with van der Waals surface area (Å²) in [6.07, 6.45) is 18.6. The summed E-state index contributed by atoms with van der Waals surface area (Å²) in [6, 6.07) is 0. The van der Waals surface area contributed by atoms with E-state index in [2.05, 4.69) is 66.7 Å². The second-order valence-corrected chi connectivity index (χ2v) is 13.0. The number of allylic oxidation sites excluding steroid dienone is 5. The summed E-state index contributed by atoms with van der Waals surface area (Å²) in [4.78, 5) is 0. The lowest BCUT2D eigenvalue weighted by Gasteiger charge is -2.53. The highest BCUT2D eigenvalue weighted by molar-refractivity contribution is 5.32. The summed E-state index contributed by atoms with van der Waals surface area (Å²) in [5.74, 6) is 2.95. The maximum atomic E-state index is 10.7. The van der Waals surface area contributed by atoms with Crippen molar-refractivity contribution in [1.29, 1.82) is 0 Å². The van der Waals surface area contributed by atoms with Gasteiger partial charge in [0.2, 0.25) is 0 Å². The molecule has 4 rings (SSSR count). The monoisotopic (exact) mass is 424 g/mol. The summed E-state index contributed by atoms with van der Waals surface area (Å²) in [6.45, 7) is 16.9. The summed E-state index contributed by atoms with van der Waals surface area (Å²) in [5.41, 5.74) is 5.73. The van der Waals surface area contributed by atoms with E-state index in [1.54, 1.807) is 11.1 Å². The second-order valence-electron chi connectivity index (χ2n) is 13.0. The third-order valence-corrected chi connectivity index (χ3v) is 10.9. The number of rotatable bonds is 4. The van der Waals surface area contributed by atoms with Crippen LogP contribution in [0.5, 0.6) is 0 Å². The third-order valence-electron chi connectivity index (χ3n) is 10.9. The Labute approximate surface area is 192 Å². The van der Waals surface area contributed by atoms with Crippen LogP contribution in [0.1, 0.15) is 106 Å². The molecule has 4 aliphatic carbocycles. The molecule has 7 atom stereocenters. The molecule has 0 aromatic carbocycles. The Morgan fingerprint density at radius 3 is 2.42 bits per heavy atom. The van der Waals surface area contributed by atoms with Gasteiger partial charge in [-0.2, -0.15) is 0 Å². The lowest BCUT2D eigenvalue weighted by Crippen LogP contribution is -2.46. The van der Waals surface area contributed by atoms with Crippen molar-refractivity contribution in [2.24, 2.45) is 39.9 Å². The quantitative estimate of drug-likeness (QED) is 0.450. The fourth-order valence-corrected chi connectivity index (χ4v) is 8.52. The SMILES string of the molecule is CC(C)=CCCC(C)C1CCC2(C)C3CCC4C(=CCC(O)C4(C)C)CC3=CCC12C. The molecule has 174 valence electrons. The zero-order valence-corrected chi connectivity index (χ0v) is 21.4. The molecule has 0 radical (unpaired) electrons. The van der Waals surface area contributed by atoms with E-state index >= 15 is 0 Å². The molecule has 0 aromatic heterocycles. The summed E-state index contributed by atoms with van der Waals surface area (Å²) in [5, 5.41) is 10.7.